The average Bonchev–Trinajstić information content (AvgIpc) is 3.48. The van der Waals surface area contributed by atoms with E-state index >= 15 is 0 Å². The van der Waals surface area contributed by atoms with Crippen molar-refractivity contribution in [1.82, 2.24) is 16.0 Å². The first-order valence-electron chi connectivity index (χ1n) is 26.9. The van der Waals surface area contributed by atoms with Crippen LogP contribution in [0.3, 0.4) is 0 Å². The maximum atomic E-state index is 13.6. The normalized spacial score (nSPS) is 13.5. The van der Waals surface area contributed by atoms with Crippen LogP contribution in [-0.4, -0.2) is 65.4 Å². The van der Waals surface area contributed by atoms with Crippen LogP contribution in [0.2, 0.25) is 5.02 Å². The van der Waals surface area contributed by atoms with E-state index in [4.69, 9.17) is 21.8 Å². The topological polar surface area (TPSA) is 197 Å². The number of amides is 6. The molecule has 1 saturated carbocycles. The minimum absolute atomic E-state index is 0.0620. The Morgan fingerprint density at radius 2 is 1.18 bits per heavy atom. The average molecular weight is 1110 g/mol. The van der Waals surface area contributed by atoms with Crippen LogP contribution in [0.5, 0.6) is 0 Å². The number of anilines is 3. The Bertz CT molecular complexity index is 3040. The van der Waals surface area contributed by atoms with E-state index < -0.39 is 11.9 Å². The number of rotatable bonds is 20. The lowest BCUT2D eigenvalue weighted by Gasteiger charge is -2.27. The van der Waals surface area contributed by atoms with Crippen molar-refractivity contribution in [2.24, 2.45) is 0 Å². The number of carboxylic acids is 2. The van der Waals surface area contributed by atoms with Gasteiger partial charge in [-0.15, -0.1) is 11.8 Å². The fourth-order valence-corrected chi connectivity index (χ4v) is 10.1. The minimum atomic E-state index is -0.967. The van der Waals surface area contributed by atoms with Gasteiger partial charge in [-0.1, -0.05) is 104 Å². The van der Waals surface area contributed by atoms with Crippen molar-refractivity contribution in [1.29, 1.82) is 0 Å². The molecule has 1 atom stereocenters. The Kier molecular flexibility index (Phi) is 22.1. The molecule has 0 aliphatic heterocycles. The van der Waals surface area contributed by atoms with Crippen LogP contribution in [0.25, 0.3) is 5.57 Å². The van der Waals surface area contributed by atoms with Crippen molar-refractivity contribution >= 4 is 81.8 Å². The standard InChI is InChI=1S/C32H36ClN3O4.C31H33N3O4S/c1-22(24-11-15-28(33)16-12-24)35-32(40)36(29-17-13-26(14-18-29)25-5-3-2-4-6-25)21-23-7-9-27(10-8-23)31(39)34-20-19-30(37)38;1-39-28-9-5-8-26(20-28)33-31(38)34(27-16-14-24(15-17-27)23-6-3-2-4-7-23)21-22-10-12-25(13-11-22)30(37)32-19-18-29(35)36/h7-18,22,25H,2-6,19-21H2,1H3,(H,34,39)(H,35,40)(H,37,38);5-6,8-17,20H,2-4,7,18-19,21H2,1H3,(H,32,37)(H,33,38)(H,35,36). The summed E-state index contributed by atoms with van der Waals surface area (Å²) in [6.07, 6.45) is 14.9. The summed E-state index contributed by atoms with van der Waals surface area (Å²) in [7, 11) is 0. The summed E-state index contributed by atoms with van der Waals surface area (Å²) in [5.74, 6) is -2.03. The van der Waals surface area contributed by atoms with Crippen molar-refractivity contribution in [3.05, 3.63) is 196 Å². The Morgan fingerprint density at radius 1 is 0.633 bits per heavy atom. The number of nitrogens with zero attached hydrogens (tertiary/aromatic N) is 2. The molecule has 0 aromatic heterocycles. The Morgan fingerprint density at radius 3 is 1.70 bits per heavy atom. The highest BCUT2D eigenvalue weighted by Gasteiger charge is 2.23. The smallest absolute Gasteiger partial charge is 0.326 e. The molecule has 8 rings (SSSR count). The van der Waals surface area contributed by atoms with Crippen molar-refractivity contribution in [2.75, 3.05) is 34.5 Å². The number of carboxylic acid groups (broad SMARTS) is 2. The first-order valence-corrected chi connectivity index (χ1v) is 28.5. The van der Waals surface area contributed by atoms with Crippen LogP contribution in [0.1, 0.15) is 138 Å². The molecular weight excluding hydrogens is 1040 g/mol. The second kappa shape index (κ2) is 29.7. The number of thioether (sulfide) groups is 1. The third-order valence-electron chi connectivity index (χ3n) is 14.0. The van der Waals surface area contributed by atoms with Gasteiger partial charge in [-0.05, 0) is 170 Å². The maximum absolute atomic E-state index is 13.6. The molecule has 0 heterocycles. The lowest BCUT2D eigenvalue weighted by Crippen LogP contribution is -2.40. The van der Waals surface area contributed by atoms with Crippen molar-refractivity contribution in [3.63, 3.8) is 0 Å². The van der Waals surface area contributed by atoms with E-state index in [9.17, 15) is 28.8 Å². The molecule has 6 aromatic carbocycles. The van der Waals surface area contributed by atoms with Crippen LogP contribution < -0.4 is 31.1 Å². The van der Waals surface area contributed by atoms with Gasteiger partial charge in [0, 0.05) is 51.2 Å². The molecule has 412 valence electrons. The number of carbonyl (C=O) groups excluding carboxylic acids is 4. The lowest BCUT2D eigenvalue weighted by molar-refractivity contribution is -0.137. The zero-order chi connectivity index (χ0) is 56.1. The number of hydrogen-bond donors (Lipinski definition) is 6. The number of hydrogen-bond acceptors (Lipinski definition) is 7. The summed E-state index contributed by atoms with van der Waals surface area (Å²) in [5, 5.41) is 29.5. The lowest BCUT2D eigenvalue weighted by atomic mass is 9.84. The molecule has 1 unspecified atom stereocenters. The maximum Gasteiger partial charge on any atom is 0.326 e. The Balaban J connectivity index is 0.000000229. The van der Waals surface area contributed by atoms with E-state index in [0.29, 0.717) is 40.8 Å². The van der Waals surface area contributed by atoms with Crippen LogP contribution in [0, 0.1) is 0 Å². The number of halogens is 1. The predicted molar refractivity (Wildman–Crippen MR) is 315 cm³/mol. The summed E-state index contributed by atoms with van der Waals surface area (Å²) in [4.78, 5) is 77.7. The minimum Gasteiger partial charge on any atom is -0.481 e. The fraction of sp³-hybridized carbons (Fsp3) is 0.302. The first-order chi connectivity index (χ1) is 38.2. The van der Waals surface area contributed by atoms with Gasteiger partial charge >= 0.3 is 24.0 Å². The largest absolute Gasteiger partial charge is 0.481 e. The molecule has 0 bridgehead atoms. The highest BCUT2D eigenvalue weighted by molar-refractivity contribution is 7.98. The molecule has 6 N–H and O–H groups in total. The molecule has 0 spiro atoms. The van der Waals surface area contributed by atoms with Crippen LogP contribution in [-0.2, 0) is 22.7 Å². The molecule has 2 aliphatic carbocycles. The van der Waals surface area contributed by atoms with Crippen LogP contribution in [0.4, 0.5) is 26.7 Å². The Labute approximate surface area is 472 Å². The van der Waals surface area contributed by atoms with Gasteiger partial charge in [0.1, 0.15) is 0 Å². The van der Waals surface area contributed by atoms with Gasteiger partial charge < -0.3 is 31.5 Å². The number of carbonyl (C=O) groups is 6. The zero-order valence-electron chi connectivity index (χ0n) is 44.7. The highest BCUT2D eigenvalue weighted by Crippen LogP contribution is 2.34. The molecule has 14 nitrogen and oxygen atoms in total. The molecule has 6 aromatic rings. The van der Waals surface area contributed by atoms with Gasteiger partial charge in [0.2, 0.25) is 0 Å². The Hall–Kier alpha value is -7.88. The zero-order valence-corrected chi connectivity index (χ0v) is 46.3. The molecule has 2 aliphatic rings. The van der Waals surface area contributed by atoms with Crippen molar-refractivity contribution < 1.29 is 39.0 Å². The fourth-order valence-electron chi connectivity index (χ4n) is 9.53. The van der Waals surface area contributed by atoms with Gasteiger partial charge in [-0.2, -0.15) is 0 Å². The highest BCUT2D eigenvalue weighted by atomic mass is 35.5. The van der Waals surface area contributed by atoms with E-state index in [0.717, 1.165) is 45.8 Å². The monoisotopic (exact) mass is 1100 g/mol. The third kappa shape index (κ3) is 18.1. The molecule has 1 fully saturated rings. The third-order valence-corrected chi connectivity index (χ3v) is 15.0. The molecule has 16 heteroatoms. The summed E-state index contributed by atoms with van der Waals surface area (Å²) in [5.41, 5.74) is 9.64. The van der Waals surface area contributed by atoms with Crippen molar-refractivity contribution in [3.8, 4) is 0 Å². The summed E-state index contributed by atoms with van der Waals surface area (Å²) < 4.78 is 0. The van der Waals surface area contributed by atoms with Gasteiger partial charge in [0.25, 0.3) is 11.8 Å². The van der Waals surface area contributed by atoms with Crippen LogP contribution in [0.15, 0.2) is 157 Å². The molecule has 0 saturated heterocycles. The van der Waals surface area contributed by atoms with E-state index in [-0.39, 0.29) is 55.8 Å². The number of nitrogens with one attached hydrogen (secondary N) is 4. The number of aliphatic carboxylic acids is 2. The SMILES string of the molecule is CC(NC(=O)N(Cc1ccc(C(=O)NCCC(=O)O)cc1)c1ccc(C2CCCCC2)cc1)c1ccc(Cl)cc1.CSc1cccc(NC(=O)N(Cc2ccc(C(=O)NCCC(=O)O)cc2)c2ccc(C3=CCCCC3)cc2)c1. The van der Waals surface area contributed by atoms with Gasteiger partial charge in [-0.3, -0.25) is 29.0 Å². The second-order valence-corrected chi connectivity index (χ2v) is 21.0. The van der Waals surface area contributed by atoms with Crippen molar-refractivity contribution in [2.45, 2.75) is 107 Å². The number of benzene rings is 6. The summed E-state index contributed by atoms with van der Waals surface area (Å²) in [6, 6.07) is 44.8. The van der Waals surface area contributed by atoms with E-state index in [1.54, 1.807) is 58.0 Å². The van der Waals surface area contributed by atoms with Gasteiger partial charge in [0.05, 0.1) is 32.0 Å². The van der Waals surface area contributed by atoms with E-state index in [1.165, 1.54) is 61.6 Å². The van der Waals surface area contributed by atoms with Crippen LogP contribution >= 0.6 is 23.4 Å². The molecule has 79 heavy (non-hydrogen) atoms. The molecule has 6 amide bonds. The van der Waals surface area contributed by atoms with E-state index in [2.05, 4.69) is 51.6 Å². The predicted octanol–water partition coefficient (Wildman–Crippen LogP) is 13.9. The summed E-state index contributed by atoms with van der Waals surface area (Å²) in [6.45, 7) is 2.67. The summed E-state index contributed by atoms with van der Waals surface area (Å²) >= 11 is 7.65. The van der Waals surface area contributed by atoms with Gasteiger partial charge in [0.15, 0.2) is 0 Å². The molecular formula is C63H69ClN6O8S. The number of allylic oxidation sites excluding steroid dienone is 2. The second-order valence-electron chi connectivity index (χ2n) is 19.7. The first kappa shape index (κ1) is 58.8. The number of urea groups is 2. The van der Waals surface area contributed by atoms with Gasteiger partial charge in [-0.25, -0.2) is 9.59 Å². The van der Waals surface area contributed by atoms with E-state index in [1.807, 2.05) is 98.1 Å². The molecule has 0 radical (unpaired) electrons. The quantitative estimate of drug-likeness (QED) is 0.0403.